The van der Waals surface area contributed by atoms with E-state index in [1.54, 1.807) is 12.3 Å². The number of nitrogens with zero attached hydrogens (tertiary/aromatic N) is 3. The summed E-state index contributed by atoms with van der Waals surface area (Å²) in [4.78, 5) is 11.8. The van der Waals surface area contributed by atoms with Crippen LogP contribution in [0.3, 0.4) is 0 Å². The minimum Gasteiger partial charge on any atom is -0.365 e. The average Bonchev–Trinajstić information content (AvgIpc) is 3.33. The SMILES string of the molecule is CC(C)CC1CN=C(c2c(-c3ccccc3F)ccnc2N2CCCC2)N1. The molecule has 0 spiro atoms. The van der Waals surface area contributed by atoms with Crippen LogP contribution < -0.4 is 10.2 Å². The Balaban J connectivity index is 1.79. The zero-order valence-electron chi connectivity index (χ0n) is 16.1. The van der Waals surface area contributed by atoms with Gasteiger partial charge in [0.25, 0.3) is 0 Å². The number of amidine groups is 1. The number of hydrogen-bond acceptors (Lipinski definition) is 4. The largest absolute Gasteiger partial charge is 0.365 e. The third kappa shape index (κ3) is 3.68. The third-order valence-electron chi connectivity index (χ3n) is 5.30. The van der Waals surface area contributed by atoms with Gasteiger partial charge < -0.3 is 10.2 Å². The molecule has 0 saturated carbocycles. The summed E-state index contributed by atoms with van der Waals surface area (Å²) in [5.74, 6) is 2.17. The van der Waals surface area contributed by atoms with Crippen molar-refractivity contribution in [3.8, 4) is 11.1 Å². The van der Waals surface area contributed by atoms with E-state index >= 15 is 0 Å². The molecule has 142 valence electrons. The number of nitrogens with one attached hydrogen (secondary N) is 1. The molecule has 1 saturated heterocycles. The quantitative estimate of drug-likeness (QED) is 0.860. The predicted octanol–water partition coefficient (Wildman–Crippen LogP) is 4.25. The van der Waals surface area contributed by atoms with Crippen molar-refractivity contribution in [2.24, 2.45) is 10.9 Å². The van der Waals surface area contributed by atoms with Gasteiger partial charge in [-0.3, -0.25) is 4.99 Å². The number of halogens is 1. The molecule has 1 fully saturated rings. The summed E-state index contributed by atoms with van der Waals surface area (Å²) >= 11 is 0. The van der Waals surface area contributed by atoms with E-state index < -0.39 is 0 Å². The standard InChI is InChI=1S/C22H27FN4/c1-15(2)13-16-14-25-21(26-16)20-18(17-7-3-4-8-19(17)23)9-10-24-22(20)27-11-5-6-12-27/h3-4,7-10,15-16H,5-6,11-14H2,1-2H3,(H,25,26). The Morgan fingerprint density at radius 2 is 1.93 bits per heavy atom. The zero-order chi connectivity index (χ0) is 18.8. The fraction of sp³-hybridized carbons (Fsp3) is 0.455. The first-order chi connectivity index (χ1) is 13.1. The van der Waals surface area contributed by atoms with Crippen LogP contribution in [0.25, 0.3) is 11.1 Å². The van der Waals surface area contributed by atoms with Crippen LogP contribution >= 0.6 is 0 Å². The third-order valence-corrected chi connectivity index (χ3v) is 5.30. The number of benzene rings is 1. The number of aliphatic imine (C=N–C) groups is 1. The second kappa shape index (κ2) is 7.67. The smallest absolute Gasteiger partial charge is 0.140 e. The van der Waals surface area contributed by atoms with E-state index in [0.29, 0.717) is 17.5 Å². The maximum Gasteiger partial charge on any atom is 0.140 e. The summed E-state index contributed by atoms with van der Waals surface area (Å²) < 4.78 is 14.6. The molecular weight excluding hydrogens is 339 g/mol. The summed E-state index contributed by atoms with van der Waals surface area (Å²) in [5, 5.41) is 3.59. The average molecular weight is 366 g/mol. The first-order valence-corrected chi connectivity index (χ1v) is 9.93. The Labute approximate surface area is 160 Å². The van der Waals surface area contributed by atoms with E-state index in [0.717, 1.165) is 48.8 Å². The lowest BCUT2D eigenvalue weighted by atomic mass is 9.98. The highest BCUT2D eigenvalue weighted by Crippen LogP contribution is 2.34. The summed E-state index contributed by atoms with van der Waals surface area (Å²) in [7, 11) is 0. The van der Waals surface area contributed by atoms with Crippen molar-refractivity contribution < 1.29 is 4.39 Å². The summed E-state index contributed by atoms with van der Waals surface area (Å²) in [5.41, 5.74) is 2.41. The minimum absolute atomic E-state index is 0.213. The van der Waals surface area contributed by atoms with E-state index in [1.807, 2.05) is 18.2 Å². The second-order valence-corrected chi connectivity index (χ2v) is 7.89. The van der Waals surface area contributed by atoms with E-state index in [4.69, 9.17) is 4.99 Å². The lowest BCUT2D eigenvalue weighted by Crippen LogP contribution is -2.33. The van der Waals surface area contributed by atoms with Crippen molar-refractivity contribution in [2.45, 2.75) is 39.2 Å². The van der Waals surface area contributed by atoms with Crippen molar-refractivity contribution in [1.82, 2.24) is 10.3 Å². The molecule has 4 rings (SSSR count). The molecule has 27 heavy (non-hydrogen) atoms. The highest BCUT2D eigenvalue weighted by atomic mass is 19.1. The van der Waals surface area contributed by atoms with Crippen molar-refractivity contribution in [3.63, 3.8) is 0 Å². The van der Waals surface area contributed by atoms with Gasteiger partial charge in [0, 0.05) is 36.5 Å². The highest BCUT2D eigenvalue weighted by molar-refractivity contribution is 6.09. The second-order valence-electron chi connectivity index (χ2n) is 7.89. The van der Waals surface area contributed by atoms with Gasteiger partial charge in [-0.2, -0.15) is 0 Å². The normalized spacial score (nSPS) is 19.5. The number of hydrogen-bond donors (Lipinski definition) is 1. The van der Waals surface area contributed by atoms with Crippen LogP contribution in [0.2, 0.25) is 0 Å². The Morgan fingerprint density at radius 1 is 1.15 bits per heavy atom. The van der Waals surface area contributed by atoms with Crippen molar-refractivity contribution in [1.29, 1.82) is 0 Å². The fourth-order valence-corrected chi connectivity index (χ4v) is 4.10. The molecule has 0 amide bonds. The lowest BCUT2D eigenvalue weighted by molar-refractivity contribution is 0.488. The monoisotopic (exact) mass is 366 g/mol. The molecule has 5 heteroatoms. The summed E-state index contributed by atoms with van der Waals surface area (Å²) in [6.07, 6.45) is 5.20. The Morgan fingerprint density at radius 3 is 2.67 bits per heavy atom. The molecule has 4 nitrogen and oxygen atoms in total. The van der Waals surface area contributed by atoms with Gasteiger partial charge in [0.15, 0.2) is 0 Å². The first-order valence-electron chi connectivity index (χ1n) is 9.93. The van der Waals surface area contributed by atoms with Crippen LogP contribution in [0, 0.1) is 11.7 Å². The first kappa shape index (κ1) is 18.0. The van der Waals surface area contributed by atoms with Gasteiger partial charge in [-0.25, -0.2) is 9.37 Å². The van der Waals surface area contributed by atoms with Crippen LogP contribution in [0.15, 0.2) is 41.5 Å². The molecule has 1 aromatic heterocycles. The summed E-state index contributed by atoms with van der Waals surface area (Å²) in [6, 6.07) is 9.20. The number of anilines is 1. The molecule has 2 aliphatic rings. The fourth-order valence-electron chi connectivity index (χ4n) is 4.10. The molecule has 0 bridgehead atoms. The van der Waals surface area contributed by atoms with E-state index in [-0.39, 0.29) is 5.82 Å². The predicted molar refractivity (Wildman–Crippen MR) is 109 cm³/mol. The zero-order valence-corrected chi connectivity index (χ0v) is 16.1. The molecule has 0 aliphatic carbocycles. The molecule has 1 aromatic carbocycles. The Bertz CT molecular complexity index is 840. The van der Waals surface area contributed by atoms with Crippen LogP contribution in [0.1, 0.15) is 38.7 Å². The van der Waals surface area contributed by atoms with Gasteiger partial charge in [0.2, 0.25) is 0 Å². The van der Waals surface area contributed by atoms with Gasteiger partial charge in [-0.15, -0.1) is 0 Å². The molecule has 2 aromatic rings. The van der Waals surface area contributed by atoms with Gasteiger partial charge in [0.05, 0.1) is 12.1 Å². The van der Waals surface area contributed by atoms with Gasteiger partial charge in [-0.05, 0) is 37.3 Å². The van der Waals surface area contributed by atoms with Gasteiger partial charge in [0.1, 0.15) is 17.5 Å². The Hall–Kier alpha value is -2.43. The van der Waals surface area contributed by atoms with Crippen LogP contribution in [-0.4, -0.2) is 36.5 Å². The highest BCUT2D eigenvalue weighted by Gasteiger charge is 2.28. The maximum absolute atomic E-state index is 14.6. The van der Waals surface area contributed by atoms with Crippen molar-refractivity contribution in [3.05, 3.63) is 47.9 Å². The molecule has 2 aliphatic heterocycles. The minimum atomic E-state index is -0.213. The van der Waals surface area contributed by atoms with E-state index in [1.165, 1.54) is 18.9 Å². The maximum atomic E-state index is 14.6. The van der Waals surface area contributed by atoms with E-state index in [2.05, 4.69) is 29.0 Å². The van der Waals surface area contributed by atoms with Gasteiger partial charge >= 0.3 is 0 Å². The van der Waals surface area contributed by atoms with Crippen LogP contribution in [-0.2, 0) is 0 Å². The molecular formula is C22H27FN4. The number of aromatic nitrogens is 1. The molecule has 1 atom stereocenters. The molecule has 1 N–H and O–H groups in total. The van der Waals surface area contributed by atoms with Gasteiger partial charge in [-0.1, -0.05) is 32.0 Å². The number of pyridine rings is 1. The lowest BCUT2D eigenvalue weighted by Gasteiger charge is -2.23. The van der Waals surface area contributed by atoms with Crippen LogP contribution in [0.5, 0.6) is 0 Å². The molecule has 1 unspecified atom stereocenters. The summed E-state index contributed by atoms with van der Waals surface area (Å²) in [6.45, 7) is 7.19. The van der Waals surface area contributed by atoms with Crippen LogP contribution in [0.4, 0.5) is 10.2 Å². The topological polar surface area (TPSA) is 40.5 Å². The Kier molecular flexibility index (Phi) is 5.10. The molecule has 3 heterocycles. The number of rotatable bonds is 5. The van der Waals surface area contributed by atoms with E-state index in [9.17, 15) is 4.39 Å². The van der Waals surface area contributed by atoms with Crippen molar-refractivity contribution in [2.75, 3.05) is 24.5 Å². The van der Waals surface area contributed by atoms with Crippen molar-refractivity contribution >= 4 is 11.7 Å². The molecule has 0 radical (unpaired) electrons.